The summed E-state index contributed by atoms with van der Waals surface area (Å²) < 4.78 is 0. The van der Waals surface area contributed by atoms with E-state index in [1.807, 2.05) is 0 Å². The van der Waals surface area contributed by atoms with Crippen LogP contribution >= 0.6 is 0 Å². The van der Waals surface area contributed by atoms with Gasteiger partial charge in [-0.3, -0.25) is 9.59 Å². The Hall–Kier alpha value is -3.55. The molecule has 3 aromatic rings. The molecule has 0 aliphatic heterocycles. The molecule has 166 valence electrons. The number of rotatable bonds is 9. The second-order valence-electron chi connectivity index (χ2n) is 6.71. The van der Waals surface area contributed by atoms with Crippen molar-refractivity contribution in [1.29, 1.82) is 0 Å². The van der Waals surface area contributed by atoms with E-state index < -0.39 is 30.3 Å². The number of fused-ring (bicyclic) bond motifs is 1. The molecule has 0 bridgehead atoms. The molecule has 1 aromatic carbocycles. The molecule has 1 atom stereocenters. The number of carboxylic acid groups (broad SMARTS) is 2. The molecule has 3 rings (SSSR count). The van der Waals surface area contributed by atoms with Gasteiger partial charge >= 0.3 is 35.5 Å². The van der Waals surface area contributed by atoms with Crippen molar-refractivity contribution >= 4 is 46.5 Å². The minimum atomic E-state index is -1.55. The molecule has 0 fully saturated rings. The van der Waals surface area contributed by atoms with E-state index in [9.17, 15) is 19.5 Å². The molecule has 0 radical (unpaired) electrons. The zero-order chi connectivity index (χ0) is 23.3. The van der Waals surface area contributed by atoms with Gasteiger partial charge in [0.2, 0.25) is 5.95 Å². The first-order chi connectivity index (χ1) is 15.2. The Morgan fingerprint density at radius 2 is 1.79 bits per heavy atom. The minimum Gasteiger partial charge on any atom is -0.548 e. The SMILES string of the molecule is Nc1nc(N)c2nc(CNc3ccc(C(=O)N[C@@H](CCC(=O)O)C(=O)[O-])cc3)cnc2n1.[Na+]. The normalized spacial score (nSPS) is 11.3. The van der Waals surface area contributed by atoms with Crippen LogP contribution in [0.5, 0.6) is 0 Å². The van der Waals surface area contributed by atoms with Crippen molar-refractivity contribution in [3.63, 3.8) is 0 Å². The summed E-state index contributed by atoms with van der Waals surface area (Å²) in [6.45, 7) is 0.292. The van der Waals surface area contributed by atoms with Crippen LogP contribution in [-0.4, -0.2) is 48.9 Å². The van der Waals surface area contributed by atoms with Crippen molar-refractivity contribution in [2.75, 3.05) is 16.8 Å². The van der Waals surface area contributed by atoms with E-state index >= 15 is 0 Å². The van der Waals surface area contributed by atoms with Crippen LogP contribution in [0.15, 0.2) is 30.5 Å². The number of nitrogens with two attached hydrogens (primary N) is 2. The maximum absolute atomic E-state index is 12.3. The number of amides is 1. The molecule has 0 aliphatic rings. The molecule has 2 heterocycles. The Morgan fingerprint density at radius 3 is 2.42 bits per heavy atom. The largest absolute Gasteiger partial charge is 1.00 e. The Balaban J connectivity index is 0.00000385. The maximum atomic E-state index is 12.3. The number of hydrogen-bond donors (Lipinski definition) is 5. The van der Waals surface area contributed by atoms with Crippen molar-refractivity contribution in [2.45, 2.75) is 25.4 Å². The number of carboxylic acids is 2. The fourth-order valence-electron chi connectivity index (χ4n) is 2.76. The number of aromatic nitrogens is 4. The fraction of sp³-hybridized carbons (Fsp3) is 0.211. The van der Waals surface area contributed by atoms with Crippen LogP contribution in [0.1, 0.15) is 28.9 Å². The van der Waals surface area contributed by atoms with Crippen molar-refractivity contribution in [2.24, 2.45) is 0 Å². The number of carbonyl (C=O) groups is 3. The molecule has 33 heavy (non-hydrogen) atoms. The Morgan fingerprint density at radius 1 is 1.09 bits per heavy atom. The van der Waals surface area contributed by atoms with Crippen LogP contribution in [0, 0.1) is 0 Å². The molecular weight excluding hydrogens is 443 g/mol. The summed E-state index contributed by atoms with van der Waals surface area (Å²) in [6, 6.07) is 4.80. The predicted molar refractivity (Wildman–Crippen MR) is 111 cm³/mol. The van der Waals surface area contributed by atoms with Crippen molar-refractivity contribution in [3.05, 3.63) is 41.7 Å². The van der Waals surface area contributed by atoms with E-state index in [0.29, 0.717) is 23.4 Å². The first-order valence-electron chi connectivity index (χ1n) is 9.35. The van der Waals surface area contributed by atoms with E-state index in [0.717, 1.165) is 0 Å². The van der Waals surface area contributed by atoms with Crippen LogP contribution in [0.2, 0.25) is 0 Å². The van der Waals surface area contributed by atoms with Crippen LogP contribution in [0.3, 0.4) is 0 Å². The van der Waals surface area contributed by atoms with Crippen LogP contribution < -0.4 is 56.8 Å². The fourth-order valence-corrected chi connectivity index (χ4v) is 2.76. The summed E-state index contributed by atoms with van der Waals surface area (Å²) in [5.74, 6) is -3.26. The average Bonchev–Trinajstić information content (AvgIpc) is 2.75. The smallest absolute Gasteiger partial charge is 0.548 e. The third kappa shape index (κ3) is 6.97. The number of nitrogen functional groups attached to an aromatic ring is 2. The van der Waals surface area contributed by atoms with Gasteiger partial charge in [-0.05, 0) is 30.7 Å². The van der Waals surface area contributed by atoms with Gasteiger partial charge in [0.05, 0.1) is 30.4 Å². The van der Waals surface area contributed by atoms with Crippen molar-refractivity contribution in [3.8, 4) is 0 Å². The van der Waals surface area contributed by atoms with E-state index in [1.54, 1.807) is 12.1 Å². The second-order valence-corrected chi connectivity index (χ2v) is 6.71. The minimum absolute atomic E-state index is 0. The van der Waals surface area contributed by atoms with Gasteiger partial charge < -0.3 is 37.1 Å². The number of hydrogen-bond acceptors (Lipinski definition) is 11. The van der Waals surface area contributed by atoms with Gasteiger partial charge in [0.15, 0.2) is 17.0 Å². The number of nitrogens with zero attached hydrogens (tertiary/aromatic N) is 4. The quantitative estimate of drug-likeness (QED) is 0.191. The Bertz CT molecular complexity index is 1170. The van der Waals surface area contributed by atoms with Crippen LogP contribution in [0.4, 0.5) is 17.5 Å². The van der Waals surface area contributed by atoms with Gasteiger partial charge in [0.25, 0.3) is 5.91 Å². The first kappa shape index (κ1) is 25.7. The van der Waals surface area contributed by atoms with Gasteiger partial charge in [0, 0.05) is 17.7 Å². The van der Waals surface area contributed by atoms with Gasteiger partial charge in [-0.15, -0.1) is 0 Å². The average molecular weight is 462 g/mol. The number of aliphatic carboxylic acids is 2. The number of benzene rings is 1. The summed E-state index contributed by atoms with van der Waals surface area (Å²) in [5.41, 5.74) is 13.4. The van der Waals surface area contributed by atoms with Crippen LogP contribution in [-0.2, 0) is 16.1 Å². The van der Waals surface area contributed by atoms with Crippen LogP contribution in [0.25, 0.3) is 11.2 Å². The number of carbonyl (C=O) groups excluding carboxylic acids is 2. The van der Waals surface area contributed by atoms with Gasteiger partial charge in [-0.2, -0.15) is 9.97 Å². The third-order valence-corrected chi connectivity index (χ3v) is 4.36. The molecular formula is C19H19N8NaO5. The van der Waals surface area contributed by atoms with Crippen molar-refractivity contribution in [1.82, 2.24) is 25.3 Å². The summed E-state index contributed by atoms with van der Waals surface area (Å²) in [6.07, 6.45) is 0.822. The summed E-state index contributed by atoms with van der Waals surface area (Å²) in [5, 5.41) is 25.1. The Kier molecular flexibility index (Phi) is 8.85. The monoisotopic (exact) mass is 462 g/mol. The third-order valence-electron chi connectivity index (χ3n) is 4.36. The topological polar surface area (TPSA) is 222 Å². The van der Waals surface area contributed by atoms with E-state index in [1.165, 1.54) is 18.3 Å². The Labute approximate surface area is 209 Å². The zero-order valence-corrected chi connectivity index (χ0v) is 19.6. The molecule has 0 unspecified atom stereocenters. The second kappa shape index (κ2) is 11.4. The molecule has 0 spiro atoms. The molecule has 0 aliphatic carbocycles. The molecule has 0 saturated heterocycles. The van der Waals surface area contributed by atoms with Gasteiger partial charge in [-0.1, -0.05) is 0 Å². The summed E-state index contributed by atoms with van der Waals surface area (Å²) in [7, 11) is 0. The number of anilines is 3. The molecule has 0 saturated carbocycles. The standard InChI is InChI=1S/C19H20N8O5.Na/c20-15-14-16(27-19(21)26-15)23-8-11(24-14)7-22-10-3-1-9(2-4-10)17(30)25-12(18(31)32)5-6-13(28)29;/h1-4,8,12,22H,5-7H2,(H,25,30)(H,28,29)(H,31,32)(H4,20,21,23,26,27);/q;+1/p-1/t12-;/m0./s1. The van der Waals surface area contributed by atoms with E-state index in [-0.39, 0.29) is 59.0 Å². The first-order valence-corrected chi connectivity index (χ1v) is 9.35. The summed E-state index contributed by atoms with van der Waals surface area (Å²) in [4.78, 5) is 50.3. The number of nitrogens with one attached hydrogen (secondary N) is 2. The molecule has 14 heteroatoms. The van der Waals surface area contributed by atoms with Gasteiger partial charge in [0.1, 0.15) is 0 Å². The van der Waals surface area contributed by atoms with Gasteiger partial charge in [-0.25, -0.2) is 9.97 Å². The summed E-state index contributed by atoms with van der Waals surface area (Å²) >= 11 is 0. The molecule has 1 amide bonds. The maximum Gasteiger partial charge on any atom is 1.00 e. The van der Waals surface area contributed by atoms with Crippen molar-refractivity contribution < 1.29 is 54.2 Å². The zero-order valence-electron chi connectivity index (χ0n) is 17.6. The molecule has 13 nitrogen and oxygen atoms in total. The van der Waals surface area contributed by atoms with E-state index in [2.05, 4.69) is 30.6 Å². The predicted octanol–water partition coefficient (Wildman–Crippen LogP) is -4.09. The molecule has 7 N–H and O–H groups in total. The molecule has 2 aromatic heterocycles. The van der Waals surface area contributed by atoms with E-state index in [4.69, 9.17) is 16.6 Å².